The minimum absolute atomic E-state index is 0.117. The number of aryl methyl sites for hydroxylation is 1. The molecule has 0 aromatic heterocycles. The summed E-state index contributed by atoms with van der Waals surface area (Å²) in [5, 5.41) is 11.0. The summed E-state index contributed by atoms with van der Waals surface area (Å²) in [4.78, 5) is 0. The van der Waals surface area contributed by atoms with E-state index in [1.54, 1.807) is 0 Å². The van der Waals surface area contributed by atoms with E-state index in [9.17, 15) is 13.9 Å². The van der Waals surface area contributed by atoms with Crippen LogP contribution < -0.4 is 0 Å². The number of phenols is 1. The molecule has 3 rings (SSSR count). The van der Waals surface area contributed by atoms with Gasteiger partial charge in [0.1, 0.15) is 5.75 Å². The summed E-state index contributed by atoms with van der Waals surface area (Å²) in [6.07, 6.45) is 0. The Hall–Kier alpha value is -2.42. The molecule has 1 aliphatic carbocycles. The third-order valence-corrected chi connectivity index (χ3v) is 6.21. The Morgan fingerprint density at radius 2 is 1.32 bits per heavy atom. The highest BCUT2D eigenvalue weighted by atomic mass is 19.2. The van der Waals surface area contributed by atoms with Crippen molar-refractivity contribution in [3.63, 3.8) is 0 Å². The number of rotatable bonds is 3. The summed E-state index contributed by atoms with van der Waals surface area (Å²) in [5.74, 6) is -1.63. The molecular formula is C25H28F2O. The first-order chi connectivity index (χ1) is 13.0. The van der Waals surface area contributed by atoms with Crippen LogP contribution in [-0.2, 0) is 0 Å². The van der Waals surface area contributed by atoms with E-state index < -0.39 is 11.6 Å². The molecule has 0 aliphatic heterocycles. The zero-order valence-corrected chi connectivity index (χ0v) is 17.7. The van der Waals surface area contributed by atoms with Crippen molar-refractivity contribution >= 4 is 0 Å². The molecule has 0 bridgehead atoms. The quantitative estimate of drug-likeness (QED) is 0.581. The molecule has 0 saturated heterocycles. The Balaban J connectivity index is 2.35. The summed E-state index contributed by atoms with van der Waals surface area (Å²) in [5.41, 5.74) is 8.24. The second-order valence-corrected chi connectivity index (χ2v) is 8.31. The molecule has 2 aromatic carbocycles. The van der Waals surface area contributed by atoms with Gasteiger partial charge < -0.3 is 5.11 Å². The van der Waals surface area contributed by atoms with Crippen molar-refractivity contribution in [3.05, 3.63) is 74.9 Å². The molecule has 0 atom stereocenters. The van der Waals surface area contributed by atoms with Gasteiger partial charge >= 0.3 is 0 Å². The molecule has 3 heteroatoms. The van der Waals surface area contributed by atoms with Gasteiger partial charge in [0.05, 0.1) is 0 Å². The summed E-state index contributed by atoms with van der Waals surface area (Å²) >= 11 is 0. The van der Waals surface area contributed by atoms with Gasteiger partial charge in [-0.2, -0.15) is 0 Å². The van der Waals surface area contributed by atoms with Gasteiger partial charge in [0.2, 0.25) is 0 Å². The van der Waals surface area contributed by atoms with Crippen molar-refractivity contribution in [2.45, 2.75) is 60.3 Å². The zero-order chi connectivity index (χ0) is 20.9. The van der Waals surface area contributed by atoms with Gasteiger partial charge in [0, 0.05) is 11.5 Å². The largest absolute Gasteiger partial charge is 0.507 e. The molecule has 2 aromatic rings. The van der Waals surface area contributed by atoms with Crippen molar-refractivity contribution in [3.8, 4) is 16.9 Å². The lowest BCUT2D eigenvalue weighted by molar-refractivity contribution is 0.466. The maximum atomic E-state index is 14.3. The number of benzene rings is 2. The maximum Gasteiger partial charge on any atom is 0.159 e. The second-order valence-electron chi connectivity index (χ2n) is 8.31. The predicted molar refractivity (Wildman–Crippen MR) is 112 cm³/mol. The number of hydrogen-bond donors (Lipinski definition) is 1. The molecule has 1 nitrogen and oxygen atoms in total. The fraction of sp³-hybridized carbons (Fsp3) is 0.360. The van der Waals surface area contributed by atoms with Gasteiger partial charge in [-0.05, 0) is 92.1 Å². The number of halogens is 2. The maximum absolute atomic E-state index is 14.3. The van der Waals surface area contributed by atoms with Gasteiger partial charge in [-0.15, -0.1) is 0 Å². The van der Waals surface area contributed by atoms with Crippen molar-refractivity contribution in [2.75, 3.05) is 0 Å². The van der Waals surface area contributed by atoms with E-state index in [-0.39, 0.29) is 17.6 Å². The van der Waals surface area contributed by atoms with Gasteiger partial charge in [0.25, 0.3) is 0 Å². The van der Waals surface area contributed by atoms with Crippen LogP contribution in [0.4, 0.5) is 8.78 Å². The van der Waals surface area contributed by atoms with Crippen LogP contribution >= 0.6 is 0 Å². The van der Waals surface area contributed by atoms with Crippen LogP contribution in [0.3, 0.4) is 0 Å². The van der Waals surface area contributed by atoms with Crippen molar-refractivity contribution in [1.29, 1.82) is 0 Å². The number of phenolic OH excluding ortho intramolecular Hbond substituents is 1. The Labute approximate surface area is 166 Å². The van der Waals surface area contributed by atoms with Crippen LogP contribution in [0.2, 0.25) is 0 Å². The molecule has 0 spiro atoms. The van der Waals surface area contributed by atoms with Crippen LogP contribution in [-0.4, -0.2) is 5.11 Å². The molecule has 1 aliphatic rings. The second kappa shape index (κ2) is 7.20. The van der Waals surface area contributed by atoms with E-state index >= 15 is 0 Å². The van der Waals surface area contributed by atoms with Crippen LogP contribution in [0.5, 0.6) is 5.75 Å². The summed E-state index contributed by atoms with van der Waals surface area (Å²) in [7, 11) is 0. The fourth-order valence-electron chi connectivity index (χ4n) is 4.30. The minimum Gasteiger partial charge on any atom is -0.507 e. The van der Waals surface area contributed by atoms with Crippen LogP contribution in [0.1, 0.15) is 70.1 Å². The SMILES string of the molecule is CC1=C(C)C(c2cc(F)c(F)cc2-c2cc(C)cc(C(C)C)c2O)C(C)=C1C. The lowest BCUT2D eigenvalue weighted by Crippen LogP contribution is -2.05. The van der Waals surface area contributed by atoms with E-state index in [0.29, 0.717) is 16.7 Å². The highest BCUT2D eigenvalue weighted by Gasteiger charge is 2.30. The molecule has 148 valence electrons. The first-order valence-electron chi connectivity index (χ1n) is 9.72. The number of hydrogen-bond acceptors (Lipinski definition) is 1. The molecule has 0 amide bonds. The molecule has 1 N–H and O–H groups in total. The van der Waals surface area contributed by atoms with E-state index in [1.807, 2.05) is 46.8 Å². The Morgan fingerprint density at radius 3 is 1.86 bits per heavy atom. The van der Waals surface area contributed by atoms with E-state index in [1.165, 1.54) is 23.3 Å². The Morgan fingerprint density at radius 1 is 0.786 bits per heavy atom. The highest BCUT2D eigenvalue weighted by Crippen LogP contribution is 2.48. The minimum atomic E-state index is -0.902. The van der Waals surface area contributed by atoms with Gasteiger partial charge in [0.15, 0.2) is 11.6 Å². The number of aromatic hydroxyl groups is 1. The first kappa shape index (κ1) is 20.3. The molecule has 28 heavy (non-hydrogen) atoms. The first-order valence-corrected chi connectivity index (χ1v) is 9.72. The fourth-order valence-corrected chi connectivity index (χ4v) is 4.30. The third kappa shape index (κ3) is 3.17. The van der Waals surface area contributed by atoms with Crippen LogP contribution in [0.25, 0.3) is 11.1 Å². The Kier molecular flexibility index (Phi) is 5.22. The Bertz CT molecular complexity index is 1000. The summed E-state index contributed by atoms with van der Waals surface area (Å²) < 4.78 is 28.6. The van der Waals surface area contributed by atoms with Gasteiger partial charge in [-0.3, -0.25) is 0 Å². The van der Waals surface area contributed by atoms with Crippen molar-refractivity contribution < 1.29 is 13.9 Å². The monoisotopic (exact) mass is 382 g/mol. The van der Waals surface area contributed by atoms with E-state index in [4.69, 9.17) is 0 Å². The van der Waals surface area contributed by atoms with Crippen molar-refractivity contribution in [2.24, 2.45) is 0 Å². The molecule has 0 fully saturated rings. The number of allylic oxidation sites excluding steroid dienone is 4. The van der Waals surface area contributed by atoms with E-state index in [2.05, 4.69) is 13.8 Å². The van der Waals surface area contributed by atoms with Crippen molar-refractivity contribution in [1.82, 2.24) is 0 Å². The molecule has 0 unspecified atom stereocenters. The van der Waals surface area contributed by atoms with Crippen LogP contribution in [0.15, 0.2) is 46.6 Å². The smallest absolute Gasteiger partial charge is 0.159 e. The predicted octanol–water partition coefficient (Wildman–Crippen LogP) is 7.54. The molecule has 0 radical (unpaired) electrons. The van der Waals surface area contributed by atoms with Crippen LogP contribution in [0, 0.1) is 18.6 Å². The zero-order valence-electron chi connectivity index (χ0n) is 17.7. The standard InChI is InChI=1S/C25H28F2O/c1-12(2)18-8-13(3)9-21(25(18)28)19-10-22(26)23(27)11-20(19)24-16(6)14(4)15(5)17(24)7/h8-12,24,28H,1-7H3. The third-order valence-electron chi connectivity index (χ3n) is 6.21. The normalized spacial score (nSPS) is 15.4. The van der Waals surface area contributed by atoms with E-state index in [0.717, 1.165) is 22.3 Å². The highest BCUT2D eigenvalue weighted by molar-refractivity contribution is 5.78. The topological polar surface area (TPSA) is 20.2 Å². The lowest BCUT2D eigenvalue weighted by Gasteiger charge is -2.22. The molecular weight excluding hydrogens is 354 g/mol. The average molecular weight is 382 g/mol. The molecule has 0 saturated carbocycles. The summed E-state index contributed by atoms with van der Waals surface area (Å²) in [6, 6.07) is 6.32. The van der Waals surface area contributed by atoms with Gasteiger partial charge in [-0.25, -0.2) is 8.78 Å². The summed E-state index contributed by atoms with van der Waals surface area (Å²) in [6.45, 7) is 14.2. The average Bonchev–Trinajstić information content (AvgIpc) is 2.82. The molecule has 0 heterocycles. The lowest BCUT2D eigenvalue weighted by atomic mass is 9.82. The van der Waals surface area contributed by atoms with Gasteiger partial charge in [-0.1, -0.05) is 31.1 Å².